The summed E-state index contributed by atoms with van der Waals surface area (Å²) in [5.74, 6) is 0. The van der Waals surface area contributed by atoms with Gasteiger partial charge in [0.15, 0.2) is 28.5 Å². The predicted octanol–water partition coefficient (Wildman–Crippen LogP) is 4.77. The molecule has 2 fully saturated rings. The van der Waals surface area contributed by atoms with E-state index in [0.717, 1.165) is 14.5 Å². The molecule has 0 unspecified atom stereocenters. The second kappa shape index (κ2) is 18.9. The SMILES string of the molecule is Cc1cn([C@@H]2O[C@H](CO[Si](C)(C)C(C)(C)C)[C@@]3(OS(=O)(=O)C=C3N)[C@H]2O[Si](C)(C)C(C)(C)C)c(=O)n(CCCCCCCn2c(=O)c(C)cn([C@H]3C[C@H](N=[N+]=[N-])[C@@H](CO)O3)c2=O)c1=O. The monoisotopic (exact) mass is 952 g/mol. The Morgan fingerprint density at radius 3 is 1.88 bits per heavy atom. The second-order valence-corrected chi connectivity index (χ2v) is 31.3. The minimum absolute atomic E-state index is 0.0743. The van der Waals surface area contributed by atoms with Crippen molar-refractivity contribution in [2.24, 2.45) is 10.8 Å². The van der Waals surface area contributed by atoms with Crippen LogP contribution in [-0.4, -0.2) is 91.6 Å². The minimum atomic E-state index is -4.30. The fourth-order valence-corrected chi connectivity index (χ4v) is 11.3. The lowest BCUT2D eigenvalue weighted by molar-refractivity contribution is -0.0567. The first-order valence-electron chi connectivity index (χ1n) is 21.9. The maximum atomic E-state index is 14.5. The zero-order valence-corrected chi connectivity index (χ0v) is 42.1. The van der Waals surface area contributed by atoms with Crippen LogP contribution in [-0.2, 0) is 45.7 Å². The van der Waals surface area contributed by atoms with E-state index in [1.807, 2.05) is 33.9 Å². The summed E-state index contributed by atoms with van der Waals surface area (Å²) in [6, 6.07) is -0.665. The van der Waals surface area contributed by atoms with E-state index in [-0.39, 0.29) is 47.5 Å². The third kappa shape index (κ3) is 10.2. The molecule has 0 aliphatic carbocycles. The van der Waals surface area contributed by atoms with Gasteiger partial charge in [-0.05, 0) is 68.5 Å². The number of nitrogens with two attached hydrogens (primary N) is 1. The summed E-state index contributed by atoms with van der Waals surface area (Å²) in [7, 11) is -9.54. The van der Waals surface area contributed by atoms with E-state index in [1.165, 1.54) is 21.5 Å². The molecule has 3 aliphatic rings. The van der Waals surface area contributed by atoms with Crippen LogP contribution in [0.4, 0.5) is 0 Å². The van der Waals surface area contributed by atoms with Crippen molar-refractivity contribution in [2.45, 2.75) is 186 Å². The van der Waals surface area contributed by atoms with E-state index < -0.39 is 98.3 Å². The third-order valence-corrected chi connectivity index (χ3v) is 23.7. The largest absolute Gasteiger partial charge is 0.414 e. The molecule has 0 saturated carbocycles. The number of rotatable bonds is 17. The smallest absolute Gasteiger partial charge is 0.333 e. The van der Waals surface area contributed by atoms with E-state index >= 15 is 0 Å². The van der Waals surface area contributed by atoms with Gasteiger partial charge in [0.05, 0.1) is 36.5 Å². The van der Waals surface area contributed by atoms with Gasteiger partial charge in [-0.25, -0.2) is 13.8 Å². The summed E-state index contributed by atoms with van der Waals surface area (Å²) in [6.07, 6.45) is 0.652. The molecule has 2 saturated heterocycles. The molecule has 358 valence electrons. The van der Waals surface area contributed by atoms with Gasteiger partial charge in [0.1, 0.15) is 18.4 Å². The van der Waals surface area contributed by atoms with Crippen molar-refractivity contribution in [3.05, 3.63) is 86.7 Å². The van der Waals surface area contributed by atoms with Gasteiger partial charge >= 0.3 is 11.4 Å². The van der Waals surface area contributed by atoms with Gasteiger partial charge in [0.2, 0.25) is 0 Å². The Bertz CT molecular complexity index is 2500. The molecule has 23 heteroatoms. The number of hydrogen-bond acceptors (Lipinski definition) is 14. The van der Waals surface area contributed by atoms with E-state index in [2.05, 4.69) is 43.9 Å². The maximum absolute atomic E-state index is 14.5. The van der Waals surface area contributed by atoms with Gasteiger partial charge in [-0.2, -0.15) is 8.42 Å². The fourth-order valence-electron chi connectivity index (χ4n) is 7.82. The van der Waals surface area contributed by atoms with Crippen molar-refractivity contribution >= 4 is 26.8 Å². The highest BCUT2D eigenvalue weighted by Gasteiger charge is 2.67. The Morgan fingerprint density at radius 2 is 1.39 bits per heavy atom. The van der Waals surface area contributed by atoms with E-state index in [0.29, 0.717) is 37.7 Å². The normalized spacial score (nSPS) is 26.1. The summed E-state index contributed by atoms with van der Waals surface area (Å²) in [4.78, 5) is 57.4. The summed E-state index contributed by atoms with van der Waals surface area (Å²) < 4.78 is 63.4. The highest BCUT2D eigenvalue weighted by atomic mass is 32.2. The van der Waals surface area contributed by atoms with Gasteiger partial charge in [0, 0.05) is 47.9 Å². The van der Waals surface area contributed by atoms with Gasteiger partial charge in [-0.15, -0.1) is 0 Å². The Labute approximate surface area is 376 Å². The Morgan fingerprint density at radius 1 is 0.875 bits per heavy atom. The zero-order chi connectivity index (χ0) is 48.0. The molecule has 5 heterocycles. The molecule has 0 radical (unpaired) electrons. The molecule has 64 heavy (non-hydrogen) atoms. The summed E-state index contributed by atoms with van der Waals surface area (Å²) in [6.45, 7) is 23.3. The molecular formula is C41H68N8O12SSi2. The number of aromatic nitrogens is 4. The van der Waals surface area contributed by atoms with Crippen LogP contribution in [0.3, 0.4) is 0 Å². The summed E-state index contributed by atoms with van der Waals surface area (Å²) in [5, 5.41) is 13.7. The molecule has 0 aromatic carbocycles. The lowest BCUT2D eigenvalue weighted by Gasteiger charge is -2.43. The number of nitrogens with zero attached hydrogens (tertiary/aromatic N) is 7. The molecule has 5 rings (SSSR count). The third-order valence-electron chi connectivity index (χ3n) is 13.7. The van der Waals surface area contributed by atoms with Crippen LogP contribution in [0.1, 0.15) is 104 Å². The molecular weight excluding hydrogens is 885 g/mol. The van der Waals surface area contributed by atoms with Crippen molar-refractivity contribution < 1.29 is 36.0 Å². The maximum Gasteiger partial charge on any atom is 0.333 e. The quantitative estimate of drug-likeness (QED) is 0.0541. The van der Waals surface area contributed by atoms with Crippen LogP contribution >= 0.6 is 0 Å². The molecule has 0 amide bonds. The van der Waals surface area contributed by atoms with Crippen molar-refractivity contribution in [3.8, 4) is 0 Å². The first-order valence-corrected chi connectivity index (χ1v) is 29.2. The van der Waals surface area contributed by atoms with Gasteiger partial charge in [-0.1, -0.05) is 65.9 Å². The van der Waals surface area contributed by atoms with Crippen molar-refractivity contribution in [1.29, 1.82) is 0 Å². The van der Waals surface area contributed by atoms with Gasteiger partial charge in [-0.3, -0.25) is 27.9 Å². The van der Waals surface area contributed by atoms with Crippen LogP contribution < -0.4 is 28.2 Å². The number of azide groups is 1. The Balaban J connectivity index is 1.36. The van der Waals surface area contributed by atoms with Crippen molar-refractivity contribution in [1.82, 2.24) is 18.3 Å². The van der Waals surface area contributed by atoms with Crippen LogP contribution in [0.5, 0.6) is 0 Å². The topological polar surface area (TPSA) is 263 Å². The van der Waals surface area contributed by atoms with E-state index in [9.17, 15) is 32.7 Å². The van der Waals surface area contributed by atoms with E-state index in [1.54, 1.807) is 13.8 Å². The lowest BCUT2D eigenvalue weighted by Crippen LogP contribution is -2.59. The molecule has 2 aromatic rings. The average Bonchev–Trinajstić information content (AvgIpc) is 3.80. The molecule has 1 spiro atoms. The Kier molecular flexibility index (Phi) is 15.2. The standard InChI is InChI=1S/C41H68N8O12SSi2/c1-26-21-48(32-20-28(44-45-43)29(23-50)58-32)37(53)46(34(26)51)18-16-14-13-15-17-19-47-35(52)27(2)22-49(38(47)54)36-33(60-64(11,12)40(6,7)8)41(30(42)25-62(55,56)61-41)31(59-36)24-57-63(9,10)39(3,4)5/h21-22,25,28-29,31-33,36,50H,13-20,23-24,42H2,1-12H3/t28-,29+,31+,32+,33-,36+,41+/m0/s1. The highest BCUT2D eigenvalue weighted by molar-refractivity contribution is 7.90. The Hall–Kier alpha value is -3.65. The molecule has 2 aromatic heterocycles. The van der Waals surface area contributed by atoms with Gasteiger partial charge in [0.25, 0.3) is 21.2 Å². The number of aryl methyl sites for hydroxylation is 2. The minimum Gasteiger partial charge on any atom is -0.414 e. The van der Waals surface area contributed by atoms with Gasteiger partial charge < -0.3 is 29.2 Å². The van der Waals surface area contributed by atoms with Crippen molar-refractivity contribution in [3.63, 3.8) is 0 Å². The van der Waals surface area contributed by atoms with E-state index in [4.69, 9.17) is 33.8 Å². The summed E-state index contributed by atoms with van der Waals surface area (Å²) in [5.41, 5.74) is 12.0. The molecule has 3 N–H and O–H groups in total. The zero-order valence-electron chi connectivity index (χ0n) is 39.3. The fraction of sp³-hybridized carbons (Fsp3) is 0.756. The average molecular weight is 953 g/mol. The molecule has 0 bridgehead atoms. The first-order chi connectivity index (χ1) is 29.5. The second-order valence-electron chi connectivity index (χ2n) is 20.3. The van der Waals surface area contributed by atoms with Crippen LogP contribution in [0, 0.1) is 13.8 Å². The molecule has 3 aliphatic heterocycles. The number of hydrogen-bond donors (Lipinski definition) is 2. The van der Waals surface area contributed by atoms with Crippen LogP contribution in [0.15, 0.2) is 47.8 Å². The van der Waals surface area contributed by atoms with Crippen LogP contribution in [0.25, 0.3) is 10.4 Å². The van der Waals surface area contributed by atoms with Crippen LogP contribution in [0.2, 0.25) is 36.3 Å². The highest BCUT2D eigenvalue weighted by Crippen LogP contribution is 2.52. The number of ether oxygens (including phenoxy) is 2. The first kappa shape index (κ1) is 51.3. The molecule has 20 nitrogen and oxygen atoms in total. The number of aliphatic hydroxyl groups is 1. The number of unbranched alkanes of at least 4 members (excludes halogenated alkanes) is 4. The number of aliphatic hydroxyl groups excluding tert-OH is 1. The predicted molar refractivity (Wildman–Crippen MR) is 245 cm³/mol. The molecule has 7 atom stereocenters. The lowest BCUT2D eigenvalue weighted by atomic mass is 9.89. The van der Waals surface area contributed by atoms with Crippen molar-refractivity contribution in [2.75, 3.05) is 13.2 Å². The summed E-state index contributed by atoms with van der Waals surface area (Å²) >= 11 is 0.